The number of aliphatic hydroxyl groups excluding tert-OH is 1. The van der Waals surface area contributed by atoms with E-state index in [9.17, 15) is 9.90 Å². The van der Waals surface area contributed by atoms with Crippen molar-refractivity contribution in [3.63, 3.8) is 0 Å². The predicted octanol–water partition coefficient (Wildman–Crippen LogP) is 1.19. The van der Waals surface area contributed by atoms with Crippen molar-refractivity contribution in [2.24, 2.45) is 0 Å². The molecule has 0 aromatic carbocycles. The lowest BCUT2D eigenvalue weighted by Gasteiger charge is -2.26. The molecule has 25 heavy (non-hydrogen) atoms. The van der Waals surface area contributed by atoms with E-state index in [1.165, 1.54) is 0 Å². The Bertz CT molecular complexity index is 622. The van der Waals surface area contributed by atoms with Crippen LogP contribution in [0.15, 0.2) is 10.6 Å². The Morgan fingerprint density at radius 2 is 2.16 bits per heavy atom. The molecule has 1 saturated heterocycles. The Balaban J connectivity index is 1.55. The van der Waals surface area contributed by atoms with Crippen LogP contribution in [-0.4, -0.2) is 81.9 Å². The fourth-order valence-corrected chi connectivity index (χ4v) is 3.32. The van der Waals surface area contributed by atoms with Crippen molar-refractivity contribution >= 4 is 11.6 Å². The van der Waals surface area contributed by atoms with Crippen LogP contribution in [0.2, 0.25) is 0 Å². The second-order valence-electron chi connectivity index (χ2n) is 6.93. The molecule has 0 saturated carbocycles. The number of likely N-dealkylation sites (tertiary alicyclic amines) is 1. The smallest absolute Gasteiger partial charge is 0.320 e. The molecule has 1 atom stereocenters. The molecule has 3 rings (SSSR count). The molecule has 1 N–H and O–H groups in total. The van der Waals surface area contributed by atoms with Gasteiger partial charge in [-0.3, -0.25) is 4.90 Å². The zero-order chi connectivity index (χ0) is 17.8. The number of carbonyl (C=O) groups excluding carboxylic acids is 1. The van der Waals surface area contributed by atoms with E-state index in [2.05, 4.69) is 21.1 Å². The Kier molecular flexibility index (Phi) is 5.70. The zero-order valence-corrected chi connectivity index (χ0v) is 15.0. The summed E-state index contributed by atoms with van der Waals surface area (Å²) in [6.45, 7) is 6.09. The lowest BCUT2D eigenvalue weighted by molar-refractivity contribution is 0.133. The van der Waals surface area contributed by atoms with Gasteiger partial charge in [-0.15, -0.1) is 0 Å². The lowest BCUT2D eigenvalue weighted by atomic mass is 10.1. The maximum absolute atomic E-state index is 12.3. The summed E-state index contributed by atoms with van der Waals surface area (Å²) in [6, 6.07) is 0.0166. The second-order valence-corrected chi connectivity index (χ2v) is 6.93. The van der Waals surface area contributed by atoms with Gasteiger partial charge < -0.3 is 19.4 Å². The first-order valence-electron chi connectivity index (χ1n) is 8.95. The average Bonchev–Trinajstić information content (AvgIpc) is 3.26. The van der Waals surface area contributed by atoms with E-state index in [4.69, 9.17) is 4.52 Å². The van der Waals surface area contributed by atoms with Crippen LogP contribution in [0.5, 0.6) is 0 Å². The van der Waals surface area contributed by atoms with Crippen molar-refractivity contribution in [1.29, 1.82) is 0 Å². The SMILES string of the molecule is C[C@H](O)CN1CC=C(c2noc(CN(C)C(=O)N3CCCC3)n2)CC1. The van der Waals surface area contributed by atoms with Gasteiger partial charge in [-0.05, 0) is 31.8 Å². The van der Waals surface area contributed by atoms with Gasteiger partial charge in [0, 0.05) is 39.8 Å². The minimum atomic E-state index is -0.324. The minimum absolute atomic E-state index is 0.0166. The molecule has 0 unspecified atom stereocenters. The molecule has 1 aromatic heterocycles. The largest absolute Gasteiger partial charge is 0.392 e. The van der Waals surface area contributed by atoms with Crippen LogP contribution < -0.4 is 0 Å². The molecular weight excluding hydrogens is 322 g/mol. The van der Waals surface area contributed by atoms with E-state index >= 15 is 0 Å². The zero-order valence-electron chi connectivity index (χ0n) is 15.0. The number of carbonyl (C=O) groups is 1. The van der Waals surface area contributed by atoms with Crippen molar-refractivity contribution in [2.45, 2.75) is 38.8 Å². The van der Waals surface area contributed by atoms with Gasteiger partial charge in [0.2, 0.25) is 5.89 Å². The number of rotatable bonds is 5. The lowest BCUT2D eigenvalue weighted by Crippen LogP contribution is -2.39. The summed E-state index contributed by atoms with van der Waals surface area (Å²) in [5.41, 5.74) is 1.06. The minimum Gasteiger partial charge on any atom is -0.392 e. The van der Waals surface area contributed by atoms with Gasteiger partial charge in [0.05, 0.1) is 6.10 Å². The number of hydrogen-bond donors (Lipinski definition) is 1. The van der Waals surface area contributed by atoms with E-state index < -0.39 is 0 Å². The van der Waals surface area contributed by atoms with Crippen LogP contribution in [0.3, 0.4) is 0 Å². The van der Waals surface area contributed by atoms with E-state index in [-0.39, 0.29) is 12.1 Å². The van der Waals surface area contributed by atoms with Gasteiger partial charge in [-0.1, -0.05) is 11.2 Å². The fourth-order valence-electron chi connectivity index (χ4n) is 3.32. The summed E-state index contributed by atoms with van der Waals surface area (Å²) in [5.74, 6) is 1.06. The van der Waals surface area contributed by atoms with E-state index in [0.29, 0.717) is 24.8 Å². The average molecular weight is 349 g/mol. The predicted molar refractivity (Wildman–Crippen MR) is 92.7 cm³/mol. The van der Waals surface area contributed by atoms with Gasteiger partial charge in [0.25, 0.3) is 0 Å². The van der Waals surface area contributed by atoms with Crippen molar-refractivity contribution in [2.75, 3.05) is 39.8 Å². The molecule has 2 aliphatic heterocycles. The van der Waals surface area contributed by atoms with Crippen LogP contribution in [0.4, 0.5) is 4.79 Å². The topological polar surface area (TPSA) is 85.9 Å². The Morgan fingerprint density at radius 1 is 1.40 bits per heavy atom. The summed E-state index contributed by atoms with van der Waals surface area (Å²) in [6.07, 6.45) is 4.73. The number of aromatic nitrogens is 2. The molecule has 2 amide bonds. The highest BCUT2D eigenvalue weighted by molar-refractivity contribution is 5.74. The van der Waals surface area contributed by atoms with Crippen molar-refractivity contribution < 1.29 is 14.4 Å². The Morgan fingerprint density at radius 3 is 2.80 bits per heavy atom. The first-order chi connectivity index (χ1) is 12.0. The summed E-state index contributed by atoms with van der Waals surface area (Å²) in [4.78, 5) is 22.4. The van der Waals surface area contributed by atoms with Gasteiger partial charge in [-0.25, -0.2) is 4.79 Å². The van der Waals surface area contributed by atoms with Crippen LogP contribution in [-0.2, 0) is 6.54 Å². The molecule has 0 aliphatic carbocycles. The van der Waals surface area contributed by atoms with Crippen molar-refractivity contribution in [3.05, 3.63) is 17.8 Å². The maximum Gasteiger partial charge on any atom is 0.320 e. The van der Waals surface area contributed by atoms with Crippen LogP contribution >= 0.6 is 0 Å². The molecule has 138 valence electrons. The summed E-state index contributed by atoms with van der Waals surface area (Å²) >= 11 is 0. The van der Waals surface area contributed by atoms with Crippen molar-refractivity contribution in [3.8, 4) is 0 Å². The van der Waals surface area contributed by atoms with Gasteiger partial charge in [0.15, 0.2) is 5.82 Å². The molecule has 0 radical (unpaired) electrons. The second kappa shape index (κ2) is 7.97. The molecular formula is C17H27N5O3. The summed E-state index contributed by atoms with van der Waals surface area (Å²) in [7, 11) is 1.76. The molecule has 8 heteroatoms. The van der Waals surface area contributed by atoms with Gasteiger partial charge in [-0.2, -0.15) is 4.98 Å². The molecule has 8 nitrogen and oxygen atoms in total. The third kappa shape index (κ3) is 4.58. The third-order valence-corrected chi connectivity index (χ3v) is 4.65. The monoisotopic (exact) mass is 349 g/mol. The maximum atomic E-state index is 12.3. The molecule has 1 aromatic rings. The Hall–Kier alpha value is -1.93. The highest BCUT2D eigenvalue weighted by atomic mass is 16.5. The van der Waals surface area contributed by atoms with Crippen molar-refractivity contribution in [1.82, 2.24) is 24.8 Å². The Labute approximate surface area is 148 Å². The summed E-state index contributed by atoms with van der Waals surface area (Å²) < 4.78 is 5.32. The normalized spacial score (nSPS) is 19.8. The fraction of sp³-hybridized carbons (Fsp3) is 0.706. The molecule has 0 bridgehead atoms. The standard InChI is InChI=1S/C17H27N5O3/c1-13(23)11-21-9-5-14(6-10-21)16-18-15(25-19-16)12-20(2)17(24)22-7-3-4-8-22/h5,13,23H,3-4,6-12H2,1-2H3/t13-/m0/s1. The first-order valence-corrected chi connectivity index (χ1v) is 8.95. The third-order valence-electron chi connectivity index (χ3n) is 4.65. The molecule has 1 fully saturated rings. The van der Waals surface area contributed by atoms with E-state index in [1.54, 1.807) is 18.9 Å². The first kappa shape index (κ1) is 17.9. The van der Waals surface area contributed by atoms with E-state index in [1.807, 2.05) is 4.90 Å². The molecule has 0 spiro atoms. The summed E-state index contributed by atoms with van der Waals surface area (Å²) in [5, 5.41) is 13.5. The number of amides is 2. The highest BCUT2D eigenvalue weighted by Gasteiger charge is 2.23. The van der Waals surface area contributed by atoms with Crippen LogP contribution in [0, 0.1) is 0 Å². The number of urea groups is 1. The number of β-amino-alcohol motifs (C(OH)–C–C–N with tert-alkyl or cyclic N) is 1. The number of aliphatic hydroxyl groups is 1. The molecule has 2 aliphatic rings. The van der Waals surface area contributed by atoms with E-state index in [0.717, 1.165) is 51.0 Å². The van der Waals surface area contributed by atoms with Crippen LogP contribution in [0.25, 0.3) is 5.57 Å². The van der Waals surface area contributed by atoms with Gasteiger partial charge >= 0.3 is 6.03 Å². The molecule has 3 heterocycles. The highest BCUT2D eigenvalue weighted by Crippen LogP contribution is 2.20. The quantitative estimate of drug-likeness (QED) is 0.859. The van der Waals surface area contributed by atoms with Gasteiger partial charge in [0.1, 0.15) is 6.54 Å². The van der Waals surface area contributed by atoms with Crippen LogP contribution in [0.1, 0.15) is 37.9 Å². The number of nitrogens with zero attached hydrogens (tertiary/aromatic N) is 5. The number of hydrogen-bond acceptors (Lipinski definition) is 6.